The van der Waals surface area contributed by atoms with Crippen LogP contribution in [0.25, 0.3) is 0 Å². The van der Waals surface area contributed by atoms with Gasteiger partial charge in [-0.05, 0) is 91.9 Å². The van der Waals surface area contributed by atoms with Gasteiger partial charge < -0.3 is 20.4 Å². The maximum absolute atomic E-state index is 12.3. The van der Waals surface area contributed by atoms with Gasteiger partial charge in [0.15, 0.2) is 0 Å². The van der Waals surface area contributed by atoms with E-state index >= 15 is 0 Å². The third-order valence-electron chi connectivity index (χ3n) is 12.8. The number of rotatable bonds is 0. The van der Waals surface area contributed by atoms with Gasteiger partial charge in [-0.1, -0.05) is 308 Å². The SMILES string of the molecule is CC(C)(C)c1cccc(C(C)(C)C)c1[O-].CC(C)(C)c1cccc(C(C)(C)C)c1[O-].CC(C)(C)c1cccc(C(C)(C)C)c1[O-].CC(C)(C)c1cccc(C(C)(C)C)c1[O-].[Fe+2].[Fe+2].c1ccncc1.c1ccncc1.c1ccncc1.c1ccncc1. The fourth-order valence-electron chi connectivity index (χ4n) is 8.12. The molecule has 4 aromatic carbocycles. The monoisotopic (exact) mass is 1250 g/mol. The van der Waals surface area contributed by atoms with Crippen LogP contribution in [-0.2, 0) is 77.5 Å². The van der Waals surface area contributed by atoms with Crippen molar-refractivity contribution < 1.29 is 54.6 Å². The number of benzene rings is 4. The number of nitrogens with zero attached hydrogens (tertiary/aromatic N) is 4. The average Bonchev–Trinajstić information content (AvgIpc) is 3.62. The maximum atomic E-state index is 12.3. The van der Waals surface area contributed by atoms with Crippen LogP contribution in [0.5, 0.6) is 23.0 Å². The van der Waals surface area contributed by atoms with E-state index in [-0.39, 0.29) is 100 Å². The molecular formula is C76H104Fe2N4O4. The maximum Gasteiger partial charge on any atom is 2.00 e. The first kappa shape index (κ1) is 81.8. The van der Waals surface area contributed by atoms with Gasteiger partial charge in [0, 0.05) is 49.6 Å². The molecule has 0 aliphatic carbocycles. The predicted octanol–water partition coefficient (Wildman–Crippen LogP) is 17.7. The molecule has 8 nitrogen and oxygen atoms in total. The topological polar surface area (TPSA) is 144 Å². The summed E-state index contributed by atoms with van der Waals surface area (Å²) in [5, 5.41) is 49.0. The molecule has 468 valence electrons. The Morgan fingerprint density at radius 3 is 0.349 bits per heavy atom. The van der Waals surface area contributed by atoms with Crippen LogP contribution in [0.3, 0.4) is 0 Å². The Morgan fingerprint density at radius 1 is 0.186 bits per heavy atom. The molecule has 0 aliphatic heterocycles. The molecule has 0 unspecified atom stereocenters. The van der Waals surface area contributed by atoms with E-state index in [1.165, 1.54) is 0 Å². The Balaban J connectivity index is 0. The van der Waals surface area contributed by atoms with E-state index in [1.54, 1.807) is 49.6 Å². The summed E-state index contributed by atoms with van der Waals surface area (Å²) in [6.45, 7) is 49.9. The van der Waals surface area contributed by atoms with Crippen molar-refractivity contribution in [2.75, 3.05) is 0 Å². The van der Waals surface area contributed by atoms with Gasteiger partial charge in [0.25, 0.3) is 0 Å². The van der Waals surface area contributed by atoms with Crippen LogP contribution in [0.15, 0.2) is 195 Å². The van der Waals surface area contributed by atoms with Crippen LogP contribution in [0.4, 0.5) is 0 Å². The molecule has 0 saturated heterocycles. The molecule has 0 radical (unpaired) electrons. The fourth-order valence-corrected chi connectivity index (χ4v) is 8.12. The van der Waals surface area contributed by atoms with Crippen molar-refractivity contribution in [1.29, 1.82) is 0 Å². The van der Waals surface area contributed by atoms with Gasteiger partial charge in [-0.3, -0.25) is 19.9 Å². The Kier molecular flexibility index (Phi) is 35.0. The molecule has 10 heteroatoms. The Morgan fingerprint density at radius 2 is 0.291 bits per heavy atom. The zero-order chi connectivity index (χ0) is 64.4. The Hall–Kier alpha value is -6.28. The molecule has 8 rings (SSSR count). The second kappa shape index (κ2) is 36.8. The molecule has 4 aromatic heterocycles. The van der Waals surface area contributed by atoms with Crippen LogP contribution in [0.2, 0.25) is 0 Å². The van der Waals surface area contributed by atoms with Gasteiger partial charge in [0.2, 0.25) is 0 Å². The first-order valence-electron chi connectivity index (χ1n) is 29.2. The summed E-state index contributed by atoms with van der Waals surface area (Å²) < 4.78 is 0. The van der Waals surface area contributed by atoms with Gasteiger partial charge in [-0.2, -0.15) is 0 Å². The van der Waals surface area contributed by atoms with E-state index in [2.05, 4.69) is 186 Å². The fraction of sp³-hybridized carbons (Fsp3) is 0.421. The standard InChI is InChI=1S/4C14H22O.4C5H5N.2Fe/c4*1-13(2,3)10-8-7-9-11(12(10)15)14(4,5)6;4*1-2-4-6-5-3-1;;/h4*7-9,15H,1-6H3;4*1-5H;;/q;;;;;;;;2*+2/p-4. The van der Waals surface area contributed by atoms with E-state index in [1.807, 2.05) is 146 Å². The summed E-state index contributed by atoms with van der Waals surface area (Å²) in [6.07, 6.45) is 14.0. The summed E-state index contributed by atoms with van der Waals surface area (Å²) in [7, 11) is 0. The molecule has 8 aromatic rings. The van der Waals surface area contributed by atoms with E-state index in [4.69, 9.17) is 0 Å². The molecular weight excluding hydrogens is 1140 g/mol. The summed E-state index contributed by atoms with van der Waals surface area (Å²) in [4.78, 5) is 15.1. The van der Waals surface area contributed by atoms with Gasteiger partial charge in [-0.25, -0.2) is 0 Å². The minimum atomic E-state index is -0.0711. The number of hydrogen-bond donors (Lipinski definition) is 0. The minimum absolute atomic E-state index is 0. The van der Waals surface area contributed by atoms with Crippen LogP contribution < -0.4 is 20.4 Å². The molecule has 0 fully saturated rings. The Bertz CT molecular complexity index is 2390. The second-order valence-electron chi connectivity index (χ2n) is 28.8. The van der Waals surface area contributed by atoms with Crippen LogP contribution in [0, 0.1) is 0 Å². The van der Waals surface area contributed by atoms with Crippen molar-refractivity contribution in [3.05, 3.63) is 240 Å². The van der Waals surface area contributed by atoms with Crippen molar-refractivity contribution in [3.63, 3.8) is 0 Å². The molecule has 0 spiro atoms. The molecule has 0 aliphatic rings. The van der Waals surface area contributed by atoms with Crippen molar-refractivity contribution >= 4 is 0 Å². The van der Waals surface area contributed by atoms with E-state index in [0.717, 1.165) is 44.5 Å². The van der Waals surface area contributed by atoms with Crippen LogP contribution in [0.1, 0.15) is 211 Å². The van der Waals surface area contributed by atoms with E-state index in [9.17, 15) is 20.4 Å². The van der Waals surface area contributed by atoms with Crippen molar-refractivity contribution in [2.24, 2.45) is 0 Å². The molecule has 0 N–H and O–H groups in total. The molecule has 0 atom stereocenters. The quantitative estimate of drug-likeness (QED) is 0.137. The number of para-hydroxylation sites is 4. The Labute approximate surface area is 543 Å². The third kappa shape index (κ3) is 30.9. The average molecular weight is 1250 g/mol. The van der Waals surface area contributed by atoms with Crippen LogP contribution >= 0.6 is 0 Å². The molecule has 86 heavy (non-hydrogen) atoms. The second-order valence-corrected chi connectivity index (χ2v) is 28.8. The number of hydrogen-bond acceptors (Lipinski definition) is 8. The van der Waals surface area contributed by atoms with E-state index < -0.39 is 0 Å². The van der Waals surface area contributed by atoms with Crippen molar-refractivity contribution in [3.8, 4) is 23.0 Å². The number of aromatic nitrogens is 4. The van der Waals surface area contributed by atoms with Gasteiger partial charge in [-0.15, -0.1) is 23.0 Å². The predicted molar refractivity (Wildman–Crippen MR) is 350 cm³/mol. The summed E-state index contributed by atoms with van der Waals surface area (Å²) >= 11 is 0. The summed E-state index contributed by atoms with van der Waals surface area (Å²) in [5.41, 5.74) is 6.73. The summed E-state index contributed by atoms with van der Waals surface area (Å²) in [6, 6.07) is 46.4. The molecule has 0 bridgehead atoms. The van der Waals surface area contributed by atoms with Gasteiger partial charge in [0.05, 0.1) is 0 Å². The largest absolute Gasteiger partial charge is 2.00 e. The first-order chi connectivity index (χ1) is 38.6. The van der Waals surface area contributed by atoms with Crippen molar-refractivity contribution in [2.45, 2.75) is 209 Å². The minimum Gasteiger partial charge on any atom is -0.872 e. The zero-order valence-corrected chi connectivity index (χ0v) is 58.8. The third-order valence-corrected chi connectivity index (χ3v) is 12.8. The van der Waals surface area contributed by atoms with Gasteiger partial charge >= 0.3 is 34.1 Å². The zero-order valence-electron chi connectivity index (χ0n) is 56.6. The smallest absolute Gasteiger partial charge is 0.872 e. The molecule has 4 heterocycles. The normalized spacial score (nSPS) is 11.3. The molecule has 0 saturated carbocycles. The number of pyridine rings is 4. The van der Waals surface area contributed by atoms with Crippen molar-refractivity contribution in [1.82, 2.24) is 19.9 Å². The van der Waals surface area contributed by atoms with Gasteiger partial charge in [0.1, 0.15) is 0 Å². The molecule has 0 amide bonds. The van der Waals surface area contributed by atoms with E-state index in [0.29, 0.717) is 0 Å². The van der Waals surface area contributed by atoms with Crippen LogP contribution in [-0.4, -0.2) is 19.9 Å². The summed E-state index contributed by atoms with van der Waals surface area (Å²) in [5.74, 6) is 0.824. The first-order valence-corrected chi connectivity index (χ1v) is 29.2.